The largest absolute Gasteiger partial charge is 0.479 e. The predicted octanol–water partition coefficient (Wildman–Crippen LogP) is -2.40. The fourth-order valence-corrected chi connectivity index (χ4v) is 0.595. The summed E-state index contributed by atoms with van der Waals surface area (Å²) in [7, 11) is 0. The molecular weight excluding hydrogens is 206 g/mol. The molecule has 0 heterocycles. The summed E-state index contributed by atoms with van der Waals surface area (Å²) in [5, 5.41) is 21.3. The van der Waals surface area contributed by atoms with E-state index in [4.69, 9.17) is 15.9 Å². The molecule has 0 aliphatic heterocycles. The third-order valence-corrected chi connectivity index (χ3v) is 1.52. The van der Waals surface area contributed by atoms with E-state index >= 15 is 0 Å². The molecular formula is C7H13N3O5. The van der Waals surface area contributed by atoms with Gasteiger partial charge in [0.05, 0.1) is 6.54 Å². The van der Waals surface area contributed by atoms with E-state index in [-0.39, 0.29) is 0 Å². The highest BCUT2D eigenvalue weighted by Gasteiger charge is 2.16. The number of urea groups is 1. The Balaban J connectivity index is 3.85. The Hall–Kier alpha value is -1.83. The van der Waals surface area contributed by atoms with Gasteiger partial charge in [-0.1, -0.05) is 0 Å². The number of nitrogens with two attached hydrogens (primary N) is 1. The summed E-state index contributed by atoms with van der Waals surface area (Å²) < 4.78 is 0. The molecule has 15 heavy (non-hydrogen) atoms. The molecule has 8 nitrogen and oxygen atoms in total. The van der Waals surface area contributed by atoms with Crippen LogP contribution in [0, 0.1) is 0 Å². The molecule has 0 aliphatic rings. The molecule has 3 amide bonds. The molecule has 0 spiro atoms. The summed E-state index contributed by atoms with van der Waals surface area (Å²) in [6.07, 6.45) is -1.68. The zero-order valence-corrected chi connectivity index (χ0v) is 8.06. The van der Waals surface area contributed by atoms with Crippen LogP contribution in [0.1, 0.15) is 6.92 Å². The summed E-state index contributed by atoms with van der Waals surface area (Å²) >= 11 is 0. The van der Waals surface area contributed by atoms with Gasteiger partial charge in [0.1, 0.15) is 6.04 Å². The second-order valence-electron chi connectivity index (χ2n) is 2.83. The fraction of sp³-hybridized carbons (Fsp3) is 0.571. The predicted molar refractivity (Wildman–Crippen MR) is 48.8 cm³/mol. The zero-order chi connectivity index (χ0) is 12.0. The Kier molecular flexibility index (Phi) is 5.10. The van der Waals surface area contributed by atoms with Crippen molar-refractivity contribution in [2.45, 2.75) is 19.1 Å². The monoisotopic (exact) mass is 219 g/mol. The first-order valence-electron chi connectivity index (χ1n) is 4.09. The Morgan fingerprint density at radius 3 is 2.33 bits per heavy atom. The van der Waals surface area contributed by atoms with Crippen molar-refractivity contribution in [1.82, 2.24) is 10.6 Å². The van der Waals surface area contributed by atoms with Crippen molar-refractivity contribution in [3.63, 3.8) is 0 Å². The molecule has 8 heteroatoms. The van der Waals surface area contributed by atoms with Crippen LogP contribution in [0.5, 0.6) is 0 Å². The number of aliphatic hydroxyl groups excluding tert-OH is 1. The number of amides is 3. The summed E-state index contributed by atoms with van der Waals surface area (Å²) in [6.45, 7) is 0.919. The van der Waals surface area contributed by atoms with Crippen LogP contribution in [0.3, 0.4) is 0 Å². The van der Waals surface area contributed by atoms with Crippen LogP contribution in [0.4, 0.5) is 4.79 Å². The molecule has 86 valence electrons. The highest BCUT2D eigenvalue weighted by molar-refractivity contribution is 5.85. The second-order valence-corrected chi connectivity index (χ2v) is 2.83. The van der Waals surface area contributed by atoms with E-state index < -0.39 is 36.6 Å². The number of rotatable bonds is 5. The van der Waals surface area contributed by atoms with Gasteiger partial charge in [0.2, 0.25) is 5.91 Å². The average Bonchev–Trinajstić information content (AvgIpc) is 2.13. The third-order valence-electron chi connectivity index (χ3n) is 1.52. The minimum atomic E-state index is -1.68. The minimum absolute atomic E-state index is 0.452. The lowest BCUT2D eigenvalue weighted by molar-refractivity contribution is -0.146. The van der Waals surface area contributed by atoms with E-state index in [1.807, 2.05) is 0 Å². The number of aliphatic carboxylic acids is 1. The van der Waals surface area contributed by atoms with Gasteiger partial charge in [-0.3, -0.25) is 4.79 Å². The van der Waals surface area contributed by atoms with E-state index in [1.165, 1.54) is 6.92 Å². The molecule has 0 aromatic carbocycles. The van der Waals surface area contributed by atoms with Crippen molar-refractivity contribution in [2.24, 2.45) is 5.73 Å². The molecule has 0 aromatic rings. The summed E-state index contributed by atoms with van der Waals surface area (Å²) in [6, 6.07) is -1.64. The molecule has 2 unspecified atom stereocenters. The van der Waals surface area contributed by atoms with E-state index in [9.17, 15) is 14.4 Å². The van der Waals surface area contributed by atoms with E-state index in [0.717, 1.165) is 0 Å². The van der Waals surface area contributed by atoms with Gasteiger partial charge in [0.15, 0.2) is 6.10 Å². The number of carboxylic acid groups (broad SMARTS) is 1. The van der Waals surface area contributed by atoms with Crippen LogP contribution >= 0.6 is 0 Å². The number of carbonyl (C=O) groups is 3. The maximum atomic E-state index is 11.0. The fourth-order valence-electron chi connectivity index (χ4n) is 0.595. The Morgan fingerprint density at radius 2 is 1.93 bits per heavy atom. The molecule has 0 fully saturated rings. The quantitative estimate of drug-likeness (QED) is 0.350. The molecule has 6 N–H and O–H groups in total. The number of hydrogen-bond acceptors (Lipinski definition) is 4. The van der Waals surface area contributed by atoms with Crippen LogP contribution in [0.2, 0.25) is 0 Å². The minimum Gasteiger partial charge on any atom is -0.479 e. The molecule has 0 aliphatic carbocycles. The van der Waals surface area contributed by atoms with E-state index in [2.05, 4.69) is 10.6 Å². The second kappa shape index (κ2) is 5.81. The summed E-state index contributed by atoms with van der Waals surface area (Å²) in [4.78, 5) is 31.6. The van der Waals surface area contributed by atoms with Crippen LogP contribution in [0.25, 0.3) is 0 Å². The van der Waals surface area contributed by atoms with Gasteiger partial charge in [0, 0.05) is 0 Å². The number of nitrogens with one attached hydrogen (secondary N) is 2. The third kappa shape index (κ3) is 5.47. The van der Waals surface area contributed by atoms with E-state index in [0.29, 0.717) is 0 Å². The molecule has 2 atom stereocenters. The topological polar surface area (TPSA) is 142 Å². The average molecular weight is 219 g/mol. The zero-order valence-electron chi connectivity index (χ0n) is 8.06. The number of primary amides is 1. The van der Waals surface area contributed by atoms with Gasteiger partial charge in [0.25, 0.3) is 0 Å². The number of carbonyl (C=O) groups excluding carboxylic acids is 2. The standard InChI is InChI=1S/C7H13N3O5/c1-3(5(8)12)10-7(15)9-2-4(11)6(13)14/h3-4,11H,2H2,1H3,(H2,8,12)(H,13,14)(H2,9,10,15). The molecule has 0 saturated heterocycles. The van der Waals surface area contributed by atoms with Gasteiger partial charge in [-0.15, -0.1) is 0 Å². The molecule has 0 rings (SSSR count). The highest BCUT2D eigenvalue weighted by Crippen LogP contribution is 1.82. The van der Waals surface area contributed by atoms with E-state index in [1.54, 1.807) is 0 Å². The SMILES string of the molecule is CC(NC(=O)NCC(O)C(=O)O)C(N)=O. The van der Waals surface area contributed by atoms with Gasteiger partial charge in [-0.05, 0) is 6.92 Å². The lowest BCUT2D eigenvalue weighted by Gasteiger charge is -2.12. The first-order valence-corrected chi connectivity index (χ1v) is 4.09. The Labute approximate surface area is 85.4 Å². The van der Waals surface area contributed by atoms with Gasteiger partial charge < -0.3 is 26.6 Å². The first-order chi connectivity index (χ1) is 6.84. The number of hydrogen-bond donors (Lipinski definition) is 5. The van der Waals surface area contributed by atoms with Crippen molar-refractivity contribution in [3.05, 3.63) is 0 Å². The van der Waals surface area contributed by atoms with Gasteiger partial charge >= 0.3 is 12.0 Å². The lowest BCUT2D eigenvalue weighted by Crippen LogP contribution is -2.49. The Morgan fingerprint density at radius 1 is 1.40 bits per heavy atom. The van der Waals surface area contributed by atoms with Crippen molar-refractivity contribution in [1.29, 1.82) is 0 Å². The highest BCUT2D eigenvalue weighted by atomic mass is 16.4. The summed E-state index contributed by atoms with van der Waals surface area (Å²) in [5.74, 6) is -2.16. The van der Waals surface area contributed by atoms with Crippen LogP contribution in [-0.4, -0.2) is 46.8 Å². The van der Waals surface area contributed by atoms with Crippen LogP contribution in [0.15, 0.2) is 0 Å². The van der Waals surface area contributed by atoms with Gasteiger partial charge in [-0.2, -0.15) is 0 Å². The summed E-state index contributed by atoms with van der Waals surface area (Å²) in [5.41, 5.74) is 4.86. The number of carboxylic acids is 1. The molecule has 0 aromatic heterocycles. The van der Waals surface area contributed by atoms with Crippen molar-refractivity contribution < 1.29 is 24.6 Å². The smallest absolute Gasteiger partial charge is 0.334 e. The maximum Gasteiger partial charge on any atom is 0.334 e. The van der Waals surface area contributed by atoms with Crippen LogP contribution in [-0.2, 0) is 9.59 Å². The number of aliphatic hydroxyl groups is 1. The van der Waals surface area contributed by atoms with Crippen molar-refractivity contribution >= 4 is 17.9 Å². The van der Waals surface area contributed by atoms with Crippen molar-refractivity contribution in [3.8, 4) is 0 Å². The lowest BCUT2D eigenvalue weighted by atomic mass is 10.3. The molecule has 0 bridgehead atoms. The Bertz CT molecular complexity index is 267. The van der Waals surface area contributed by atoms with Crippen LogP contribution < -0.4 is 16.4 Å². The normalized spacial score (nSPS) is 13.7. The maximum absolute atomic E-state index is 11.0. The molecule has 0 radical (unpaired) electrons. The molecule has 0 saturated carbocycles. The van der Waals surface area contributed by atoms with Crippen molar-refractivity contribution in [2.75, 3.05) is 6.54 Å². The van der Waals surface area contributed by atoms with Gasteiger partial charge in [-0.25, -0.2) is 9.59 Å². The first kappa shape index (κ1) is 13.2.